The van der Waals surface area contributed by atoms with Crippen LogP contribution < -0.4 is 10.6 Å². The second kappa shape index (κ2) is 8.64. The number of thiophene rings is 1. The summed E-state index contributed by atoms with van der Waals surface area (Å²) in [5, 5.41) is 7.72. The smallest absolute Gasteiger partial charge is 0.314 e. The first-order chi connectivity index (χ1) is 11.1. The van der Waals surface area contributed by atoms with Crippen molar-refractivity contribution in [1.82, 2.24) is 15.5 Å². The molecule has 0 aliphatic rings. The van der Waals surface area contributed by atoms with Gasteiger partial charge in [-0.2, -0.15) is 0 Å². The van der Waals surface area contributed by atoms with E-state index in [9.17, 15) is 9.18 Å². The normalized spacial score (nSPS) is 12.2. The molecule has 0 radical (unpaired) electrons. The summed E-state index contributed by atoms with van der Waals surface area (Å²) in [5.41, 5.74) is 0.842. The Morgan fingerprint density at radius 1 is 1.26 bits per heavy atom. The minimum atomic E-state index is -0.269. The lowest BCUT2D eigenvalue weighted by atomic mass is 10.1. The molecule has 2 amide bonds. The molecule has 2 N–H and O–H groups in total. The molecule has 0 spiro atoms. The topological polar surface area (TPSA) is 44.4 Å². The van der Waals surface area contributed by atoms with Gasteiger partial charge in [0.05, 0.1) is 6.04 Å². The van der Waals surface area contributed by atoms with E-state index in [-0.39, 0.29) is 17.9 Å². The SMILES string of the molecule is CN(C)C(CNC(=O)NCCc1cccs1)c1cccc(F)c1. The maximum absolute atomic E-state index is 13.4. The van der Waals surface area contributed by atoms with Crippen LogP contribution in [0.2, 0.25) is 0 Å². The molecule has 2 rings (SSSR count). The number of hydrogen-bond acceptors (Lipinski definition) is 3. The molecule has 4 nitrogen and oxygen atoms in total. The van der Waals surface area contributed by atoms with Gasteiger partial charge in [0.2, 0.25) is 0 Å². The van der Waals surface area contributed by atoms with E-state index in [1.54, 1.807) is 17.4 Å². The van der Waals surface area contributed by atoms with Crippen molar-refractivity contribution in [2.45, 2.75) is 12.5 Å². The lowest BCUT2D eigenvalue weighted by Crippen LogP contribution is -2.41. The fourth-order valence-corrected chi connectivity index (χ4v) is 3.03. The quantitative estimate of drug-likeness (QED) is 0.817. The molecule has 1 heterocycles. The Balaban J connectivity index is 1.80. The summed E-state index contributed by atoms with van der Waals surface area (Å²) >= 11 is 1.68. The number of nitrogens with one attached hydrogen (secondary N) is 2. The second-order valence-corrected chi connectivity index (χ2v) is 6.53. The van der Waals surface area contributed by atoms with Crippen molar-refractivity contribution >= 4 is 17.4 Å². The molecule has 0 fully saturated rings. The van der Waals surface area contributed by atoms with E-state index in [2.05, 4.69) is 16.7 Å². The van der Waals surface area contributed by atoms with Gasteiger partial charge in [-0.05, 0) is 49.7 Å². The number of benzene rings is 1. The molecule has 0 aliphatic carbocycles. The third kappa shape index (κ3) is 5.65. The minimum absolute atomic E-state index is 0.0752. The number of urea groups is 1. The highest BCUT2D eigenvalue weighted by Crippen LogP contribution is 2.18. The van der Waals surface area contributed by atoms with Crippen molar-refractivity contribution in [2.75, 3.05) is 27.2 Å². The van der Waals surface area contributed by atoms with Crippen molar-refractivity contribution in [3.63, 3.8) is 0 Å². The zero-order valence-corrected chi connectivity index (χ0v) is 14.2. The molecule has 0 aliphatic heterocycles. The van der Waals surface area contributed by atoms with E-state index in [0.717, 1.165) is 12.0 Å². The van der Waals surface area contributed by atoms with Gasteiger partial charge in [-0.1, -0.05) is 18.2 Å². The lowest BCUT2D eigenvalue weighted by Gasteiger charge is -2.25. The second-order valence-electron chi connectivity index (χ2n) is 5.50. The molecular weight excluding hydrogens is 313 g/mol. The molecule has 124 valence electrons. The number of carbonyl (C=O) groups excluding carboxylic acids is 1. The predicted octanol–water partition coefficient (Wildman–Crippen LogP) is 3.03. The average Bonchev–Trinajstić information content (AvgIpc) is 3.00. The van der Waals surface area contributed by atoms with Crippen LogP contribution in [-0.2, 0) is 6.42 Å². The maximum Gasteiger partial charge on any atom is 0.314 e. The first kappa shape index (κ1) is 17.4. The highest BCUT2D eigenvalue weighted by atomic mass is 32.1. The van der Waals surface area contributed by atoms with Gasteiger partial charge in [0.25, 0.3) is 0 Å². The van der Waals surface area contributed by atoms with Crippen LogP contribution in [0.15, 0.2) is 41.8 Å². The number of hydrogen-bond donors (Lipinski definition) is 2. The van der Waals surface area contributed by atoms with Gasteiger partial charge >= 0.3 is 6.03 Å². The number of carbonyl (C=O) groups is 1. The molecule has 1 unspecified atom stereocenters. The number of rotatable bonds is 7. The van der Waals surface area contributed by atoms with Crippen LogP contribution in [0, 0.1) is 5.82 Å². The predicted molar refractivity (Wildman–Crippen MR) is 92.3 cm³/mol. The van der Waals surface area contributed by atoms with Crippen molar-refractivity contribution in [1.29, 1.82) is 0 Å². The summed E-state index contributed by atoms with van der Waals surface area (Å²) in [6, 6.07) is 10.2. The van der Waals surface area contributed by atoms with Crippen molar-refractivity contribution in [2.24, 2.45) is 0 Å². The van der Waals surface area contributed by atoms with Gasteiger partial charge < -0.3 is 15.5 Å². The number of halogens is 1. The van der Waals surface area contributed by atoms with E-state index >= 15 is 0 Å². The Morgan fingerprint density at radius 3 is 2.74 bits per heavy atom. The molecule has 6 heteroatoms. The Morgan fingerprint density at radius 2 is 2.09 bits per heavy atom. The Bertz CT molecular complexity index is 616. The summed E-state index contributed by atoms with van der Waals surface area (Å²) in [6.07, 6.45) is 0.825. The van der Waals surface area contributed by atoms with Crippen LogP contribution in [0.25, 0.3) is 0 Å². The summed E-state index contributed by atoms with van der Waals surface area (Å²) in [5.74, 6) is -0.269. The van der Waals surface area contributed by atoms with Gasteiger partial charge in [0, 0.05) is 18.0 Å². The first-order valence-corrected chi connectivity index (χ1v) is 8.40. The molecule has 0 saturated heterocycles. The zero-order valence-electron chi connectivity index (χ0n) is 13.4. The van der Waals surface area contributed by atoms with Crippen molar-refractivity contribution in [3.8, 4) is 0 Å². The Kier molecular flexibility index (Phi) is 6.55. The molecular formula is C17H22FN3OS. The molecule has 23 heavy (non-hydrogen) atoms. The Labute approximate surface area is 140 Å². The molecule has 1 aromatic carbocycles. The van der Waals surface area contributed by atoms with Crippen LogP contribution >= 0.6 is 11.3 Å². The molecule has 2 aromatic rings. The third-order valence-corrected chi connectivity index (χ3v) is 4.49. The largest absolute Gasteiger partial charge is 0.338 e. The van der Waals surface area contributed by atoms with Crippen LogP contribution in [0.3, 0.4) is 0 Å². The standard InChI is InChI=1S/C17H22FN3OS/c1-21(2)16(13-5-3-6-14(18)11-13)12-20-17(22)19-9-8-15-7-4-10-23-15/h3-7,10-11,16H,8-9,12H2,1-2H3,(H2,19,20,22). The molecule has 0 bridgehead atoms. The first-order valence-electron chi connectivity index (χ1n) is 7.52. The average molecular weight is 335 g/mol. The number of amides is 2. The monoisotopic (exact) mass is 335 g/mol. The summed E-state index contributed by atoms with van der Waals surface area (Å²) in [4.78, 5) is 15.1. The molecule has 1 atom stereocenters. The van der Waals surface area contributed by atoms with Crippen LogP contribution in [-0.4, -0.2) is 38.1 Å². The summed E-state index contributed by atoms with van der Waals surface area (Å²) in [6.45, 7) is 1.01. The number of nitrogens with zero attached hydrogens (tertiary/aromatic N) is 1. The fourth-order valence-electron chi connectivity index (χ4n) is 2.32. The van der Waals surface area contributed by atoms with Gasteiger partial charge in [-0.15, -0.1) is 11.3 Å². The summed E-state index contributed by atoms with van der Waals surface area (Å²) < 4.78 is 13.4. The molecule has 1 aromatic heterocycles. The number of likely N-dealkylation sites (N-methyl/N-ethyl adjacent to an activating group) is 1. The van der Waals surface area contributed by atoms with Gasteiger partial charge in [-0.3, -0.25) is 0 Å². The third-order valence-electron chi connectivity index (χ3n) is 3.55. The van der Waals surface area contributed by atoms with Gasteiger partial charge in [0.15, 0.2) is 0 Å². The highest BCUT2D eigenvalue weighted by Gasteiger charge is 2.15. The van der Waals surface area contributed by atoms with Gasteiger partial charge in [0.1, 0.15) is 5.82 Å². The highest BCUT2D eigenvalue weighted by molar-refractivity contribution is 7.09. The minimum Gasteiger partial charge on any atom is -0.338 e. The van der Waals surface area contributed by atoms with E-state index in [1.807, 2.05) is 36.5 Å². The van der Waals surface area contributed by atoms with Gasteiger partial charge in [-0.25, -0.2) is 9.18 Å². The lowest BCUT2D eigenvalue weighted by molar-refractivity contribution is 0.233. The van der Waals surface area contributed by atoms with E-state index < -0.39 is 0 Å². The maximum atomic E-state index is 13.4. The van der Waals surface area contributed by atoms with Crippen LogP contribution in [0.4, 0.5) is 9.18 Å². The molecule has 0 saturated carbocycles. The van der Waals surface area contributed by atoms with Crippen molar-refractivity contribution < 1.29 is 9.18 Å². The van der Waals surface area contributed by atoms with E-state index in [4.69, 9.17) is 0 Å². The zero-order chi connectivity index (χ0) is 16.7. The van der Waals surface area contributed by atoms with E-state index in [0.29, 0.717) is 13.1 Å². The Hall–Kier alpha value is -1.92. The summed E-state index contributed by atoms with van der Waals surface area (Å²) in [7, 11) is 3.82. The van der Waals surface area contributed by atoms with Crippen LogP contribution in [0.1, 0.15) is 16.5 Å². The van der Waals surface area contributed by atoms with Crippen molar-refractivity contribution in [3.05, 3.63) is 58.0 Å². The van der Waals surface area contributed by atoms with Crippen LogP contribution in [0.5, 0.6) is 0 Å². The van der Waals surface area contributed by atoms with E-state index in [1.165, 1.54) is 17.0 Å². The fraction of sp³-hybridized carbons (Fsp3) is 0.353.